The molecule has 0 saturated heterocycles. The topological polar surface area (TPSA) is 12.0 Å². The van der Waals surface area contributed by atoms with Gasteiger partial charge in [-0.25, -0.2) is 0 Å². The molecule has 1 atom stereocenters. The zero-order valence-corrected chi connectivity index (χ0v) is 12.0. The molecule has 1 aromatic carbocycles. The van der Waals surface area contributed by atoms with Gasteiger partial charge in [0.25, 0.3) is 0 Å². The lowest BCUT2D eigenvalue weighted by Gasteiger charge is -2.20. The van der Waals surface area contributed by atoms with Gasteiger partial charge < -0.3 is 5.32 Å². The van der Waals surface area contributed by atoms with E-state index in [4.69, 9.17) is 0 Å². The third-order valence-electron chi connectivity index (χ3n) is 3.25. The molecule has 0 radical (unpaired) electrons. The predicted octanol–water partition coefficient (Wildman–Crippen LogP) is 4.20. The van der Waals surface area contributed by atoms with Crippen molar-refractivity contribution < 1.29 is 0 Å². The van der Waals surface area contributed by atoms with Crippen LogP contribution in [0.5, 0.6) is 0 Å². The van der Waals surface area contributed by atoms with E-state index in [1.807, 2.05) is 11.3 Å². The maximum absolute atomic E-state index is 3.62. The van der Waals surface area contributed by atoms with Crippen LogP contribution in [0.15, 0.2) is 41.8 Å². The third kappa shape index (κ3) is 3.21. The van der Waals surface area contributed by atoms with E-state index >= 15 is 0 Å². The lowest BCUT2D eigenvalue weighted by molar-refractivity contribution is 0.549. The summed E-state index contributed by atoms with van der Waals surface area (Å²) < 4.78 is 0. The standard InChI is InChI=1S/C16H21NS/c1-3-13-8-5-6-10-15(13)16(17-4-2)12-14-9-7-11-18-14/h5-11,16-17H,3-4,12H2,1-2H3. The molecule has 2 aromatic rings. The molecule has 18 heavy (non-hydrogen) atoms. The summed E-state index contributed by atoms with van der Waals surface area (Å²) in [6, 6.07) is 13.6. The van der Waals surface area contributed by atoms with E-state index in [0.717, 1.165) is 19.4 Å². The second-order valence-electron chi connectivity index (χ2n) is 4.45. The monoisotopic (exact) mass is 259 g/mol. The van der Waals surface area contributed by atoms with Gasteiger partial charge in [-0.15, -0.1) is 11.3 Å². The molecule has 1 nitrogen and oxygen atoms in total. The first-order valence-electron chi connectivity index (χ1n) is 6.68. The van der Waals surface area contributed by atoms with Crippen LogP contribution in [-0.2, 0) is 12.8 Å². The van der Waals surface area contributed by atoms with Crippen molar-refractivity contribution in [3.63, 3.8) is 0 Å². The Morgan fingerprint density at radius 1 is 1.11 bits per heavy atom. The van der Waals surface area contributed by atoms with Gasteiger partial charge in [-0.3, -0.25) is 0 Å². The van der Waals surface area contributed by atoms with E-state index in [2.05, 4.69) is 60.9 Å². The first-order chi connectivity index (χ1) is 8.85. The number of hydrogen-bond acceptors (Lipinski definition) is 2. The SMILES string of the molecule is CCNC(Cc1cccs1)c1ccccc1CC. The summed E-state index contributed by atoms with van der Waals surface area (Å²) in [6.45, 7) is 5.41. The first kappa shape index (κ1) is 13.3. The van der Waals surface area contributed by atoms with Gasteiger partial charge in [-0.2, -0.15) is 0 Å². The molecule has 0 saturated carbocycles. The van der Waals surface area contributed by atoms with E-state index in [0.29, 0.717) is 6.04 Å². The summed E-state index contributed by atoms with van der Waals surface area (Å²) in [5, 5.41) is 5.78. The molecule has 96 valence electrons. The minimum absolute atomic E-state index is 0.435. The van der Waals surface area contributed by atoms with Crippen LogP contribution in [0, 0.1) is 0 Å². The Kier molecular flexibility index (Phi) is 4.97. The summed E-state index contributed by atoms with van der Waals surface area (Å²) in [6.07, 6.45) is 2.19. The molecule has 0 spiro atoms. The molecule has 0 fully saturated rings. The number of hydrogen-bond donors (Lipinski definition) is 1. The Bertz CT molecular complexity index is 462. The number of thiophene rings is 1. The van der Waals surface area contributed by atoms with Gasteiger partial charge in [0.2, 0.25) is 0 Å². The van der Waals surface area contributed by atoms with Crippen molar-refractivity contribution in [2.45, 2.75) is 32.7 Å². The van der Waals surface area contributed by atoms with Gasteiger partial charge in [0.15, 0.2) is 0 Å². The van der Waals surface area contributed by atoms with Crippen LogP contribution in [0.1, 0.15) is 35.9 Å². The third-order valence-corrected chi connectivity index (χ3v) is 4.15. The molecule has 0 amide bonds. The van der Waals surface area contributed by atoms with Gasteiger partial charge in [0, 0.05) is 17.3 Å². The molecular weight excluding hydrogens is 238 g/mol. The van der Waals surface area contributed by atoms with Crippen molar-refractivity contribution in [1.82, 2.24) is 5.32 Å². The second kappa shape index (κ2) is 6.72. The minimum Gasteiger partial charge on any atom is -0.310 e. The van der Waals surface area contributed by atoms with Crippen molar-refractivity contribution in [2.24, 2.45) is 0 Å². The molecule has 1 heterocycles. The van der Waals surface area contributed by atoms with E-state index in [-0.39, 0.29) is 0 Å². The van der Waals surface area contributed by atoms with Crippen LogP contribution in [-0.4, -0.2) is 6.54 Å². The summed E-state index contributed by atoms with van der Waals surface area (Å²) in [5.41, 5.74) is 2.91. The highest BCUT2D eigenvalue weighted by molar-refractivity contribution is 7.09. The largest absolute Gasteiger partial charge is 0.310 e. The molecule has 1 N–H and O–H groups in total. The Labute approximate surface area is 114 Å². The fraction of sp³-hybridized carbons (Fsp3) is 0.375. The van der Waals surface area contributed by atoms with E-state index in [1.54, 1.807) is 0 Å². The highest BCUT2D eigenvalue weighted by Crippen LogP contribution is 2.24. The maximum Gasteiger partial charge on any atom is 0.0371 e. The van der Waals surface area contributed by atoms with Crippen LogP contribution in [0.3, 0.4) is 0 Å². The van der Waals surface area contributed by atoms with Crippen LogP contribution in [0.4, 0.5) is 0 Å². The van der Waals surface area contributed by atoms with Crippen molar-refractivity contribution in [2.75, 3.05) is 6.54 Å². The number of nitrogens with one attached hydrogen (secondary N) is 1. The van der Waals surface area contributed by atoms with Crippen molar-refractivity contribution in [1.29, 1.82) is 0 Å². The molecule has 0 aliphatic carbocycles. The Morgan fingerprint density at radius 2 is 1.94 bits per heavy atom. The van der Waals surface area contributed by atoms with Crippen molar-refractivity contribution in [3.8, 4) is 0 Å². The smallest absolute Gasteiger partial charge is 0.0371 e. The predicted molar refractivity (Wildman–Crippen MR) is 80.3 cm³/mol. The van der Waals surface area contributed by atoms with E-state index in [1.165, 1.54) is 16.0 Å². The van der Waals surface area contributed by atoms with Crippen LogP contribution in [0.25, 0.3) is 0 Å². The Morgan fingerprint density at radius 3 is 2.61 bits per heavy atom. The quantitative estimate of drug-likeness (QED) is 0.819. The molecule has 0 aliphatic heterocycles. The number of rotatable bonds is 6. The second-order valence-corrected chi connectivity index (χ2v) is 5.48. The molecule has 1 aromatic heterocycles. The van der Waals surface area contributed by atoms with Crippen molar-refractivity contribution in [3.05, 3.63) is 57.8 Å². The summed E-state index contributed by atoms with van der Waals surface area (Å²) in [4.78, 5) is 1.45. The first-order valence-corrected chi connectivity index (χ1v) is 7.56. The minimum atomic E-state index is 0.435. The number of aryl methyl sites for hydroxylation is 1. The average Bonchev–Trinajstić information content (AvgIpc) is 2.91. The fourth-order valence-electron chi connectivity index (χ4n) is 2.36. The van der Waals surface area contributed by atoms with Crippen LogP contribution in [0.2, 0.25) is 0 Å². The zero-order valence-electron chi connectivity index (χ0n) is 11.1. The zero-order chi connectivity index (χ0) is 12.8. The summed E-state index contributed by atoms with van der Waals surface area (Å²) in [5.74, 6) is 0. The van der Waals surface area contributed by atoms with E-state index in [9.17, 15) is 0 Å². The lowest BCUT2D eigenvalue weighted by atomic mass is 9.96. The van der Waals surface area contributed by atoms with Gasteiger partial charge in [-0.1, -0.05) is 44.2 Å². The number of benzene rings is 1. The Hall–Kier alpha value is -1.12. The summed E-state index contributed by atoms with van der Waals surface area (Å²) in [7, 11) is 0. The van der Waals surface area contributed by atoms with E-state index < -0.39 is 0 Å². The van der Waals surface area contributed by atoms with Gasteiger partial charge in [0.05, 0.1) is 0 Å². The average molecular weight is 259 g/mol. The molecule has 0 bridgehead atoms. The maximum atomic E-state index is 3.62. The highest BCUT2D eigenvalue weighted by atomic mass is 32.1. The molecular formula is C16H21NS. The van der Waals surface area contributed by atoms with Gasteiger partial charge in [0.1, 0.15) is 0 Å². The van der Waals surface area contributed by atoms with Crippen molar-refractivity contribution >= 4 is 11.3 Å². The number of likely N-dealkylation sites (N-methyl/N-ethyl adjacent to an activating group) is 1. The van der Waals surface area contributed by atoms with Crippen LogP contribution < -0.4 is 5.32 Å². The fourth-order valence-corrected chi connectivity index (χ4v) is 3.12. The molecule has 0 aliphatic rings. The normalized spacial score (nSPS) is 12.6. The lowest BCUT2D eigenvalue weighted by Crippen LogP contribution is -2.23. The van der Waals surface area contributed by atoms with Gasteiger partial charge >= 0.3 is 0 Å². The molecule has 2 heteroatoms. The summed E-state index contributed by atoms with van der Waals surface area (Å²) >= 11 is 1.85. The van der Waals surface area contributed by atoms with Gasteiger partial charge in [-0.05, 0) is 35.5 Å². The highest BCUT2D eigenvalue weighted by Gasteiger charge is 2.14. The van der Waals surface area contributed by atoms with Crippen LogP contribution >= 0.6 is 11.3 Å². The molecule has 1 unspecified atom stereocenters. The molecule has 2 rings (SSSR count). The Balaban J connectivity index is 2.23.